The maximum Gasteiger partial charge on any atom is 0.325 e. The van der Waals surface area contributed by atoms with Crippen LogP contribution in [0.2, 0.25) is 10.0 Å². The van der Waals surface area contributed by atoms with Crippen LogP contribution in [0.3, 0.4) is 0 Å². The lowest BCUT2D eigenvalue weighted by molar-refractivity contribution is -0.141. The van der Waals surface area contributed by atoms with Gasteiger partial charge in [-0.05, 0) is 54.7 Å². The van der Waals surface area contributed by atoms with E-state index in [1.54, 1.807) is 48.5 Å². The summed E-state index contributed by atoms with van der Waals surface area (Å²) in [5.74, 6) is -1.43. The molecule has 0 aliphatic carbocycles. The molecule has 0 radical (unpaired) electrons. The van der Waals surface area contributed by atoms with Crippen molar-refractivity contribution in [2.24, 2.45) is 0 Å². The van der Waals surface area contributed by atoms with Crippen molar-refractivity contribution in [3.63, 3.8) is 0 Å². The molecular weight excluding hydrogens is 449 g/mol. The number of carbonyl (C=O) groups is 3. The minimum atomic E-state index is -0.970. The van der Waals surface area contributed by atoms with E-state index in [0.717, 1.165) is 0 Å². The van der Waals surface area contributed by atoms with Gasteiger partial charge in [0.2, 0.25) is 5.91 Å². The van der Waals surface area contributed by atoms with Crippen molar-refractivity contribution in [2.75, 3.05) is 23.9 Å². The lowest BCUT2D eigenvalue weighted by atomic mass is 10.1. The van der Waals surface area contributed by atoms with Crippen LogP contribution in [0.5, 0.6) is 0 Å². The number of nitrogens with one attached hydrogen (secondary N) is 1. The SMILES string of the molecule is COC(=O)CN1C(=S)N(c2cccc(Cl)c2)C(=O)[C@@H]1CC(=O)Nc1ccc(Cl)cc1. The van der Waals surface area contributed by atoms with E-state index in [4.69, 9.17) is 40.2 Å². The highest BCUT2D eigenvalue weighted by atomic mass is 35.5. The Morgan fingerprint density at radius 2 is 1.83 bits per heavy atom. The molecule has 1 fully saturated rings. The molecule has 1 N–H and O–H groups in total. The van der Waals surface area contributed by atoms with E-state index in [1.807, 2.05) is 0 Å². The van der Waals surface area contributed by atoms with E-state index in [1.165, 1.54) is 16.9 Å². The molecular formula is C20H17Cl2N3O4S. The Bertz CT molecular complexity index is 1000. The number of ether oxygens (including phenoxy) is 1. The first kappa shape index (κ1) is 22.0. The lowest BCUT2D eigenvalue weighted by Gasteiger charge is -2.22. The van der Waals surface area contributed by atoms with Crippen molar-refractivity contribution >= 4 is 69.7 Å². The first-order valence-corrected chi connectivity index (χ1v) is 9.99. The van der Waals surface area contributed by atoms with Crippen molar-refractivity contribution in [1.29, 1.82) is 0 Å². The minimum absolute atomic E-state index is 0.0944. The molecule has 3 rings (SSSR count). The second-order valence-corrected chi connectivity index (χ2v) is 7.65. The number of nitrogens with zero attached hydrogens (tertiary/aromatic N) is 2. The van der Waals surface area contributed by atoms with E-state index in [2.05, 4.69) is 5.32 Å². The van der Waals surface area contributed by atoms with Crippen LogP contribution < -0.4 is 10.2 Å². The van der Waals surface area contributed by atoms with Crippen molar-refractivity contribution in [2.45, 2.75) is 12.5 Å². The van der Waals surface area contributed by atoms with Gasteiger partial charge in [-0.25, -0.2) is 0 Å². The molecule has 2 amide bonds. The molecule has 2 aromatic rings. The quantitative estimate of drug-likeness (QED) is 0.519. The van der Waals surface area contributed by atoms with Gasteiger partial charge in [0, 0.05) is 15.7 Å². The molecule has 1 saturated heterocycles. The Labute approximate surface area is 188 Å². The Hall–Kier alpha value is -2.68. The molecule has 2 aromatic carbocycles. The molecule has 1 atom stereocenters. The van der Waals surface area contributed by atoms with Gasteiger partial charge in [0.1, 0.15) is 12.6 Å². The van der Waals surface area contributed by atoms with Crippen LogP contribution in [0.25, 0.3) is 0 Å². The molecule has 0 saturated carbocycles. The summed E-state index contributed by atoms with van der Waals surface area (Å²) < 4.78 is 4.71. The third kappa shape index (κ3) is 4.89. The molecule has 1 heterocycles. The zero-order valence-corrected chi connectivity index (χ0v) is 18.1. The molecule has 0 spiro atoms. The van der Waals surface area contributed by atoms with Crippen LogP contribution in [0.15, 0.2) is 48.5 Å². The maximum atomic E-state index is 13.1. The number of esters is 1. The Balaban J connectivity index is 1.84. The number of carbonyl (C=O) groups excluding carboxylic acids is 3. The van der Waals surface area contributed by atoms with Gasteiger partial charge in [0.05, 0.1) is 19.2 Å². The van der Waals surface area contributed by atoms with Crippen LogP contribution >= 0.6 is 35.4 Å². The maximum absolute atomic E-state index is 13.1. The third-order valence-electron chi connectivity index (χ3n) is 4.42. The average molecular weight is 466 g/mol. The number of amides is 2. The number of hydrogen-bond acceptors (Lipinski definition) is 5. The summed E-state index contributed by atoms with van der Waals surface area (Å²) in [4.78, 5) is 40.3. The van der Waals surface area contributed by atoms with Crippen molar-refractivity contribution in [3.8, 4) is 0 Å². The summed E-state index contributed by atoms with van der Waals surface area (Å²) in [7, 11) is 1.24. The molecule has 0 unspecified atom stereocenters. The van der Waals surface area contributed by atoms with Crippen LogP contribution in [-0.2, 0) is 19.1 Å². The van der Waals surface area contributed by atoms with Gasteiger partial charge in [-0.15, -0.1) is 0 Å². The second-order valence-electron chi connectivity index (χ2n) is 6.42. The Morgan fingerprint density at radius 1 is 1.13 bits per heavy atom. The Kier molecular flexibility index (Phi) is 6.91. The van der Waals surface area contributed by atoms with Gasteiger partial charge in [0.15, 0.2) is 5.11 Å². The highest BCUT2D eigenvalue weighted by Crippen LogP contribution is 2.29. The molecule has 7 nitrogen and oxygen atoms in total. The van der Waals surface area contributed by atoms with Gasteiger partial charge < -0.3 is 15.0 Å². The second kappa shape index (κ2) is 9.42. The number of hydrogen-bond donors (Lipinski definition) is 1. The number of benzene rings is 2. The zero-order valence-electron chi connectivity index (χ0n) is 15.8. The van der Waals surface area contributed by atoms with Crippen molar-refractivity contribution in [1.82, 2.24) is 4.90 Å². The van der Waals surface area contributed by atoms with E-state index >= 15 is 0 Å². The molecule has 10 heteroatoms. The molecule has 1 aliphatic rings. The molecule has 30 heavy (non-hydrogen) atoms. The molecule has 1 aliphatic heterocycles. The normalized spacial score (nSPS) is 16.0. The summed E-state index contributed by atoms with van der Waals surface area (Å²) >= 11 is 17.3. The summed E-state index contributed by atoms with van der Waals surface area (Å²) in [6.45, 7) is -0.267. The van der Waals surface area contributed by atoms with Crippen LogP contribution in [0, 0.1) is 0 Å². The monoisotopic (exact) mass is 465 g/mol. The van der Waals surface area contributed by atoms with Gasteiger partial charge >= 0.3 is 5.97 Å². The summed E-state index contributed by atoms with van der Waals surface area (Å²) in [6, 6.07) is 12.2. The topological polar surface area (TPSA) is 79.0 Å². The van der Waals surface area contributed by atoms with E-state index in [-0.39, 0.29) is 18.1 Å². The minimum Gasteiger partial charge on any atom is -0.468 e. The molecule has 0 aromatic heterocycles. The van der Waals surface area contributed by atoms with Crippen molar-refractivity contribution < 1.29 is 19.1 Å². The van der Waals surface area contributed by atoms with E-state index in [0.29, 0.717) is 21.4 Å². The number of rotatable bonds is 6. The fourth-order valence-corrected chi connectivity index (χ4v) is 3.69. The summed E-state index contributed by atoms with van der Waals surface area (Å²) in [5.41, 5.74) is 0.983. The lowest BCUT2D eigenvalue weighted by Crippen LogP contribution is -2.41. The Morgan fingerprint density at radius 3 is 2.47 bits per heavy atom. The van der Waals surface area contributed by atoms with Crippen molar-refractivity contribution in [3.05, 3.63) is 58.6 Å². The van der Waals surface area contributed by atoms with Gasteiger partial charge in [-0.2, -0.15) is 0 Å². The van der Waals surface area contributed by atoms with E-state index < -0.39 is 23.8 Å². The third-order valence-corrected chi connectivity index (χ3v) is 5.32. The predicted octanol–water partition coefficient (Wildman–Crippen LogP) is 3.50. The molecule has 0 bridgehead atoms. The molecule has 156 valence electrons. The van der Waals surface area contributed by atoms with E-state index in [9.17, 15) is 14.4 Å². The number of halogens is 2. The standard InChI is InChI=1S/C20H17Cl2N3O4S/c1-29-18(27)11-24-16(10-17(26)23-14-7-5-12(21)6-8-14)19(28)25(20(24)30)15-4-2-3-13(22)9-15/h2-9,16H,10-11H2,1H3,(H,23,26)/t16-/m0/s1. The average Bonchev–Trinajstić information content (AvgIpc) is 2.93. The highest BCUT2D eigenvalue weighted by molar-refractivity contribution is 7.80. The van der Waals surface area contributed by atoms with Gasteiger partial charge in [0.25, 0.3) is 5.91 Å². The number of anilines is 2. The number of methoxy groups -OCH3 is 1. The van der Waals surface area contributed by atoms with Crippen LogP contribution in [0.1, 0.15) is 6.42 Å². The summed E-state index contributed by atoms with van der Waals surface area (Å²) in [6.07, 6.45) is -0.213. The zero-order chi connectivity index (χ0) is 21.8. The first-order chi connectivity index (χ1) is 14.3. The fourth-order valence-electron chi connectivity index (χ4n) is 2.99. The predicted molar refractivity (Wildman–Crippen MR) is 119 cm³/mol. The smallest absolute Gasteiger partial charge is 0.325 e. The first-order valence-electron chi connectivity index (χ1n) is 8.82. The fraction of sp³-hybridized carbons (Fsp3) is 0.200. The largest absolute Gasteiger partial charge is 0.468 e. The van der Waals surface area contributed by atoms with Gasteiger partial charge in [-0.1, -0.05) is 29.3 Å². The van der Waals surface area contributed by atoms with Gasteiger partial charge in [-0.3, -0.25) is 19.3 Å². The van der Waals surface area contributed by atoms with Crippen LogP contribution in [-0.4, -0.2) is 47.5 Å². The van der Waals surface area contributed by atoms with Crippen LogP contribution in [0.4, 0.5) is 11.4 Å². The highest BCUT2D eigenvalue weighted by Gasteiger charge is 2.45. The summed E-state index contributed by atoms with van der Waals surface area (Å²) in [5, 5.41) is 3.76. The number of thiocarbonyl (C=S) groups is 1.